The first-order valence-corrected chi connectivity index (χ1v) is 10.4. The molecule has 1 aliphatic rings. The van der Waals surface area contributed by atoms with Crippen LogP contribution in [0.4, 0.5) is 0 Å². The van der Waals surface area contributed by atoms with E-state index in [1.807, 2.05) is 0 Å². The summed E-state index contributed by atoms with van der Waals surface area (Å²) in [5.74, 6) is 0.546. The highest BCUT2D eigenvalue weighted by Gasteiger charge is 2.42. The van der Waals surface area contributed by atoms with Crippen LogP contribution in [0.1, 0.15) is 43.4 Å². The van der Waals surface area contributed by atoms with Gasteiger partial charge in [-0.05, 0) is 46.6 Å². The largest absolute Gasteiger partial charge is 0.0769 e. The number of allylic oxidation sites excluding steroid dienone is 4. The molecule has 0 nitrogen and oxygen atoms in total. The van der Waals surface area contributed by atoms with E-state index in [-0.39, 0.29) is 5.41 Å². The molecule has 3 aromatic carbocycles. The molecule has 3 aromatic rings. The van der Waals surface area contributed by atoms with Crippen molar-refractivity contribution in [3.05, 3.63) is 131 Å². The maximum Gasteiger partial charge on any atom is 0.0701 e. The minimum atomic E-state index is -0.296. The van der Waals surface area contributed by atoms with Crippen molar-refractivity contribution >= 4 is 0 Å². The van der Waals surface area contributed by atoms with Crippen LogP contribution in [-0.2, 0) is 5.41 Å². The average molecular weight is 365 g/mol. The third-order valence-electron chi connectivity index (χ3n) is 6.14. The van der Waals surface area contributed by atoms with Crippen LogP contribution in [0.15, 0.2) is 114 Å². The van der Waals surface area contributed by atoms with Crippen molar-refractivity contribution in [1.82, 2.24) is 0 Å². The Morgan fingerprint density at radius 3 is 1.50 bits per heavy atom. The van der Waals surface area contributed by atoms with Gasteiger partial charge >= 0.3 is 0 Å². The smallest absolute Gasteiger partial charge is 0.0701 e. The summed E-state index contributed by atoms with van der Waals surface area (Å²) in [4.78, 5) is 0. The maximum atomic E-state index is 2.45. The fourth-order valence-corrected chi connectivity index (χ4v) is 4.62. The molecule has 1 aliphatic carbocycles. The van der Waals surface area contributed by atoms with Crippen molar-refractivity contribution in [2.75, 3.05) is 0 Å². The van der Waals surface area contributed by atoms with Crippen LogP contribution in [0.2, 0.25) is 0 Å². The Labute approximate surface area is 169 Å². The molecule has 0 amide bonds. The summed E-state index contributed by atoms with van der Waals surface area (Å²) < 4.78 is 0. The lowest BCUT2D eigenvalue weighted by Crippen LogP contribution is -2.33. The van der Waals surface area contributed by atoms with Gasteiger partial charge in [0.1, 0.15) is 0 Å². The van der Waals surface area contributed by atoms with E-state index in [1.165, 1.54) is 27.8 Å². The quantitative estimate of drug-likeness (QED) is 0.402. The van der Waals surface area contributed by atoms with E-state index in [9.17, 15) is 0 Å². The van der Waals surface area contributed by atoms with Crippen molar-refractivity contribution in [1.29, 1.82) is 0 Å². The average Bonchev–Trinajstić information content (AvgIpc) is 3.26. The Balaban J connectivity index is 2.07. The normalized spacial score (nSPS) is 15.1. The standard InChI is InChI=1S/C28H28/c1-3-22(2)26-20-13-21-27(26)28(23-14-7-4-8-15-23,24-16-9-5-10-17-24)25-18-11-6-12-19-25/h4-12,14-22H,3,13H2,1-2H3. The fourth-order valence-electron chi connectivity index (χ4n) is 4.62. The van der Waals surface area contributed by atoms with Gasteiger partial charge in [0.25, 0.3) is 0 Å². The van der Waals surface area contributed by atoms with Crippen molar-refractivity contribution in [2.24, 2.45) is 5.92 Å². The summed E-state index contributed by atoms with van der Waals surface area (Å²) in [6, 6.07) is 33.0. The van der Waals surface area contributed by atoms with Crippen LogP contribution in [0, 0.1) is 5.92 Å². The Kier molecular flexibility index (Phi) is 5.30. The summed E-state index contributed by atoms with van der Waals surface area (Å²) in [5, 5.41) is 0. The molecule has 0 N–H and O–H groups in total. The zero-order valence-corrected chi connectivity index (χ0v) is 16.8. The van der Waals surface area contributed by atoms with E-state index < -0.39 is 0 Å². The highest BCUT2D eigenvalue weighted by Crippen LogP contribution is 2.50. The van der Waals surface area contributed by atoms with Crippen molar-refractivity contribution in [3.63, 3.8) is 0 Å². The van der Waals surface area contributed by atoms with E-state index in [1.54, 1.807) is 0 Å². The van der Waals surface area contributed by atoms with E-state index in [0.29, 0.717) is 5.92 Å². The molecule has 0 radical (unpaired) electrons. The number of hydrogen-bond acceptors (Lipinski definition) is 0. The Bertz CT molecular complexity index is 866. The SMILES string of the molecule is CCC(C)C1=CCC=C1C(c1ccccc1)(c1ccccc1)c1ccccc1. The van der Waals surface area contributed by atoms with Gasteiger partial charge in [0.2, 0.25) is 0 Å². The van der Waals surface area contributed by atoms with E-state index in [4.69, 9.17) is 0 Å². The Morgan fingerprint density at radius 2 is 1.11 bits per heavy atom. The molecule has 0 aromatic heterocycles. The fraction of sp³-hybridized carbons (Fsp3) is 0.214. The predicted octanol–water partition coefficient (Wildman–Crippen LogP) is 7.32. The molecule has 0 bridgehead atoms. The second-order valence-electron chi connectivity index (χ2n) is 7.67. The van der Waals surface area contributed by atoms with Gasteiger partial charge in [0.15, 0.2) is 0 Å². The second-order valence-corrected chi connectivity index (χ2v) is 7.67. The van der Waals surface area contributed by atoms with Crippen LogP contribution >= 0.6 is 0 Å². The topological polar surface area (TPSA) is 0 Å². The van der Waals surface area contributed by atoms with Crippen molar-refractivity contribution < 1.29 is 0 Å². The highest BCUT2D eigenvalue weighted by molar-refractivity contribution is 5.65. The van der Waals surface area contributed by atoms with Gasteiger partial charge in [0.05, 0.1) is 5.41 Å². The van der Waals surface area contributed by atoms with Gasteiger partial charge in [-0.1, -0.05) is 117 Å². The summed E-state index contributed by atoms with van der Waals surface area (Å²) >= 11 is 0. The lowest BCUT2D eigenvalue weighted by molar-refractivity contribution is 0.627. The lowest BCUT2D eigenvalue weighted by Gasteiger charge is -2.40. The zero-order chi connectivity index (χ0) is 19.4. The molecule has 0 aliphatic heterocycles. The number of rotatable bonds is 6. The van der Waals surface area contributed by atoms with E-state index in [0.717, 1.165) is 12.8 Å². The van der Waals surface area contributed by atoms with Crippen LogP contribution in [-0.4, -0.2) is 0 Å². The molecule has 0 heterocycles. The predicted molar refractivity (Wildman–Crippen MR) is 119 cm³/mol. The lowest BCUT2D eigenvalue weighted by atomic mass is 9.62. The molecule has 0 saturated carbocycles. The summed E-state index contributed by atoms with van der Waals surface area (Å²) in [6.07, 6.45) is 7.06. The molecule has 1 atom stereocenters. The van der Waals surface area contributed by atoms with E-state index >= 15 is 0 Å². The summed E-state index contributed by atoms with van der Waals surface area (Å²) in [7, 11) is 0. The van der Waals surface area contributed by atoms with Crippen molar-refractivity contribution in [2.45, 2.75) is 32.1 Å². The van der Waals surface area contributed by atoms with Gasteiger partial charge in [-0.15, -0.1) is 0 Å². The van der Waals surface area contributed by atoms with Crippen LogP contribution < -0.4 is 0 Å². The molecule has 0 fully saturated rings. The van der Waals surface area contributed by atoms with Gasteiger partial charge < -0.3 is 0 Å². The molecular weight excluding hydrogens is 336 g/mol. The van der Waals surface area contributed by atoms with Crippen molar-refractivity contribution in [3.8, 4) is 0 Å². The monoisotopic (exact) mass is 364 g/mol. The number of benzene rings is 3. The van der Waals surface area contributed by atoms with Gasteiger partial charge in [-0.2, -0.15) is 0 Å². The molecule has 0 saturated heterocycles. The zero-order valence-electron chi connectivity index (χ0n) is 16.8. The first-order chi connectivity index (χ1) is 13.8. The van der Waals surface area contributed by atoms with Crippen LogP contribution in [0.3, 0.4) is 0 Å². The first kappa shape index (κ1) is 18.5. The van der Waals surface area contributed by atoms with Gasteiger partial charge in [-0.25, -0.2) is 0 Å². The molecule has 0 spiro atoms. The molecule has 28 heavy (non-hydrogen) atoms. The number of hydrogen-bond donors (Lipinski definition) is 0. The summed E-state index contributed by atoms with van der Waals surface area (Å²) in [6.45, 7) is 4.65. The highest BCUT2D eigenvalue weighted by atomic mass is 14.4. The molecular formula is C28H28. The third-order valence-corrected chi connectivity index (χ3v) is 6.14. The molecule has 4 rings (SSSR count). The van der Waals surface area contributed by atoms with E-state index in [2.05, 4.69) is 117 Å². The minimum absolute atomic E-state index is 0.296. The Hall–Kier alpha value is -2.86. The molecule has 0 heteroatoms. The third kappa shape index (κ3) is 3.03. The first-order valence-electron chi connectivity index (χ1n) is 10.4. The van der Waals surface area contributed by atoms with Crippen LogP contribution in [0.5, 0.6) is 0 Å². The maximum absolute atomic E-state index is 2.45. The summed E-state index contributed by atoms with van der Waals surface area (Å²) in [5.41, 5.74) is 6.64. The second kappa shape index (κ2) is 8.02. The van der Waals surface area contributed by atoms with Gasteiger partial charge in [-0.3, -0.25) is 0 Å². The molecule has 140 valence electrons. The Morgan fingerprint density at radius 1 is 0.679 bits per heavy atom. The van der Waals surface area contributed by atoms with Crippen LogP contribution in [0.25, 0.3) is 0 Å². The van der Waals surface area contributed by atoms with Gasteiger partial charge in [0, 0.05) is 0 Å². The molecule has 1 unspecified atom stereocenters. The minimum Gasteiger partial charge on any atom is -0.0769 e.